The molecule has 2 aromatic carbocycles. The summed E-state index contributed by atoms with van der Waals surface area (Å²) in [5, 5.41) is 0.323. The molecular formula is C20H16N2O4. The van der Waals surface area contributed by atoms with Crippen LogP contribution >= 0.6 is 0 Å². The molecule has 0 atom stereocenters. The van der Waals surface area contributed by atoms with Crippen molar-refractivity contribution in [2.75, 3.05) is 0 Å². The Kier molecular flexibility index (Phi) is 4.94. The van der Waals surface area contributed by atoms with Crippen molar-refractivity contribution in [1.29, 1.82) is 0 Å². The van der Waals surface area contributed by atoms with Crippen LogP contribution in [0.4, 0.5) is 0 Å². The maximum atomic E-state index is 12.3. The lowest BCUT2D eigenvalue weighted by atomic mass is 10.2. The second-order valence-electron chi connectivity index (χ2n) is 5.60. The summed E-state index contributed by atoms with van der Waals surface area (Å²) < 4.78 is 4.95. The van der Waals surface area contributed by atoms with E-state index in [0.29, 0.717) is 11.3 Å². The summed E-state index contributed by atoms with van der Waals surface area (Å²) in [6, 6.07) is 15.8. The van der Waals surface area contributed by atoms with Gasteiger partial charge >= 0.3 is 5.97 Å². The van der Waals surface area contributed by atoms with E-state index in [1.165, 1.54) is 6.92 Å². The van der Waals surface area contributed by atoms with E-state index in [9.17, 15) is 14.4 Å². The van der Waals surface area contributed by atoms with Gasteiger partial charge in [0.05, 0.1) is 0 Å². The second-order valence-corrected chi connectivity index (χ2v) is 5.60. The van der Waals surface area contributed by atoms with Gasteiger partial charge in [0.25, 0.3) is 11.1 Å². The maximum Gasteiger partial charge on any atom is 0.308 e. The number of nitrogens with one attached hydrogen (secondary N) is 2. The Morgan fingerprint density at radius 2 is 1.31 bits per heavy atom. The van der Waals surface area contributed by atoms with Crippen LogP contribution in [0.5, 0.6) is 5.75 Å². The molecule has 2 N–H and O–H groups in total. The van der Waals surface area contributed by atoms with Gasteiger partial charge in [0.1, 0.15) is 16.4 Å². The molecule has 6 nitrogen and oxygen atoms in total. The van der Waals surface area contributed by atoms with E-state index in [1.807, 2.05) is 30.3 Å². The molecule has 0 spiro atoms. The van der Waals surface area contributed by atoms with Gasteiger partial charge in [-0.05, 0) is 35.4 Å². The predicted molar refractivity (Wildman–Crippen MR) is 98.3 cm³/mol. The average molecular weight is 348 g/mol. The third kappa shape index (κ3) is 4.24. The molecule has 0 aliphatic rings. The summed E-state index contributed by atoms with van der Waals surface area (Å²) in [5.74, 6) is -0.00220. The molecule has 1 aromatic heterocycles. The lowest BCUT2D eigenvalue weighted by Gasteiger charge is -2.00. The summed E-state index contributed by atoms with van der Waals surface area (Å²) >= 11 is 0. The van der Waals surface area contributed by atoms with E-state index in [0.717, 1.165) is 5.56 Å². The predicted octanol–water partition coefficient (Wildman–Crippen LogP) is 0.646. The Hall–Kier alpha value is -3.67. The largest absolute Gasteiger partial charge is 0.427 e. The van der Waals surface area contributed by atoms with E-state index in [2.05, 4.69) is 9.97 Å². The Bertz CT molecular complexity index is 1160. The summed E-state index contributed by atoms with van der Waals surface area (Å²) in [6.07, 6.45) is 3.15. The molecule has 3 rings (SSSR count). The Labute approximate surface area is 148 Å². The Morgan fingerprint density at radius 1 is 0.808 bits per heavy atom. The van der Waals surface area contributed by atoms with Gasteiger partial charge in [-0.1, -0.05) is 42.5 Å². The van der Waals surface area contributed by atoms with Crippen LogP contribution in [0, 0.1) is 0 Å². The first-order chi connectivity index (χ1) is 12.5. The second kappa shape index (κ2) is 7.48. The Morgan fingerprint density at radius 3 is 1.81 bits per heavy atom. The van der Waals surface area contributed by atoms with E-state index in [-0.39, 0.29) is 10.7 Å². The summed E-state index contributed by atoms with van der Waals surface area (Å²) in [5.41, 5.74) is 0.695. The fraction of sp³-hybridized carbons (Fsp3) is 0.0500. The van der Waals surface area contributed by atoms with Crippen LogP contribution < -0.4 is 26.6 Å². The average Bonchev–Trinajstić information content (AvgIpc) is 2.61. The van der Waals surface area contributed by atoms with Gasteiger partial charge in [-0.2, -0.15) is 0 Å². The monoisotopic (exact) mass is 348 g/mol. The molecule has 3 aromatic rings. The lowest BCUT2D eigenvalue weighted by Crippen LogP contribution is -2.46. The molecule has 0 amide bonds. The first-order valence-corrected chi connectivity index (χ1v) is 7.91. The number of ether oxygens (including phenoxy) is 1. The van der Waals surface area contributed by atoms with Crippen molar-refractivity contribution in [2.45, 2.75) is 6.92 Å². The number of aromatic nitrogens is 2. The quantitative estimate of drug-likeness (QED) is 0.537. The van der Waals surface area contributed by atoms with Gasteiger partial charge in [0.2, 0.25) is 0 Å². The van der Waals surface area contributed by atoms with Gasteiger partial charge in [-0.25, -0.2) is 0 Å². The fourth-order valence-electron chi connectivity index (χ4n) is 2.38. The molecule has 0 aliphatic carbocycles. The Balaban J connectivity index is 1.99. The molecule has 0 fully saturated rings. The molecule has 0 bridgehead atoms. The van der Waals surface area contributed by atoms with Crippen molar-refractivity contribution in [1.82, 2.24) is 9.97 Å². The van der Waals surface area contributed by atoms with E-state index >= 15 is 0 Å². The lowest BCUT2D eigenvalue weighted by molar-refractivity contribution is -0.131. The topological polar surface area (TPSA) is 92.0 Å². The van der Waals surface area contributed by atoms with Crippen molar-refractivity contribution < 1.29 is 9.53 Å². The van der Waals surface area contributed by atoms with Gasteiger partial charge in [-0.15, -0.1) is 0 Å². The SMILES string of the molecule is CC(=O)Oc1ccc(C=c2[nH]c(=O)c(=Cc3ccccc3)[nH]c2=O)cc1. The minimum absolute atomic E-state index is 0.139. The molecule has 0 unspecified atom stereocenters. The zero-order valence-corrected chi connectivity index (χ0v) is 14.0. The van der Waals surface area contributed by atoms with Gasteiger partial charge in [0, 0.05) is 6.92 Å². The number of rotatable bonds is 3. The molecule has 26 heavy (non-hydrogen) atoms. The highest BCUT2D eigenvalue weighted by atomic mass is 16.5. The van der Waals surface area contributed by atoms with E-state index < -0.39 is 17.1 Å². The standard InChI is InChI=1S/C20H16N2O4/c1-13(23)26-16-9-7-15(8-10-16)12-18-20(25)21-17(19(24)22-18)11-14-5-3-2-4-6-14/h2-12H,1H3,(H,21,25)(H,22,24). The van der Waals surface area contributed by atoms with Crippen LogP contribution in [0.25, 0.3) is 12.2 Å². The van der Waals surface area contributed by atoms with Crippen molar-refractivity contribution in [3.63, 3.8) is 0 Å². The zero-order valence-electron chi connectivity index (χ0n) is 14.0. The molecule has 0 saturated carbocycles. The van der Waals surface area contributed by atoms with Crippen molar-refractivity contribution in [3.05, 3.63) is 97.1 Å². The van der Waals surface area contributed by atoms with Gasteiger partial charge in [0.15, 0.2) is 0 Å². The highest BCUT2D eigenvalue weighted by Gasteiger charge is 1.99. The van der Waals surface area contributed by atoms with Crippen LogP contribution in [-0.2, 0) is 4.79 Å². The number of hydrogen-bond acceptors (Lipinski definition) is 4. The summed E-state index contributed by atoms with van der Waals surface area (Å²) in [6.45, 7) is 1.32. The molecule has 0 aliphatic heterocycles. The first-order valence-electron chi connectivity index (χ1n) is 7.91. The minimum Gasteiger partial charge on any atom is -0.427 e. The third-order valence-corrected chi connectivity index (χ3v) is 3.55. The number of benzene rings is 2. The van der Waals surface area contributed by atoms with Crippen molar-refractivity contribution in [2.24, 2.45) is 0 Å². The number of carbonyl (C=O) groups is 1. The number of H-pyrrole nitrogens is 2. The minimum atomic E-state index is -0.409. The molecular weight excluding hydrogens is 332 g/mol. The number of hydrogen-bond donors (Lipinski definition) is 2. The molecule has 1 heterocycles. The van der Waals surface area contributed by atoms with Crippen molar-refractivity contribution in [3.8, 4) is 5.75 Å². The van der Waals surface area contributed by atoms with Gasteiger partial charge in [-0.3, -0.25) is 14.4 Å². The number of aromatic amines is 2. The summed E-state index contributed by atoms with van der Waals surface area (Å²) in [7, 11) is 0. The van der Waals surface area contributed by atoms with Crippen LogP contribution in [0.1, 0.15) is 18.1 Å². The third-order valence-electron chi connectivity index (χ3n) is 3.55. The fourth-order valence-corrected chi connectivity index (χ4v) is 2.38. The summed E-state index contributed by atoms with van der Waals surface area (Å²) in [4.78, 5) is 40.6. The van der Waals surface area contributed by atoms with E-state index in [1.54, 1.807) is 36.4 Å². The highest BCUT2D eigenvalue weighted by Crippen LogP contribution is 2.12. The van der Waals surface area contributed by atoms with Crippen LogP contribution in [0.15, 0.2) is 64.2 Å². The molecule has 0 saturated heterocycles. The molecule has 6 heteroatoms. The normalized spacial score (nSPS) is 12.2. The number of carbonyl (C=O) groups excluding carboxylic acids is 1. The van der Waals surface area contributed by atoms with E-state index in [4.69, 9.17) is 4.74 Å². The highest BCUT2D eigenvalue weighted by molar-refractivity contribution is 5.69. The molecule has 130 valence electrons. The van der Waals surface area contributed by atoms with Crippen molar-refractivity contribution >= 4 is 18.1 Å². The van der Waals surface area contributed by atoms with Crippen LogP contribution in [-0.4, -0.2) is 15.9 Å². The van der Waals surface area contributed by atoms with Gasteiger partial charge < -0.3 is 14.7 Å². The number of esters is 1. The maximum absolute atomic E-state index is 12.3. The first kappa shape index (κ1) is 17.2. The van der Waals surface area contributed by atoms with Crippen LogP contribution in [0.2, 0.25) is 0 Å². The molecule has 0 radical (unpaired) electrons. The zero-order chi connectivity index (χ0) is 18.5. The van der Waals surface area contributed by atoms with Crippen LogP contribution in [0.3, 0.4) is 0 Å². The smallest absolute Gasteiger partial charge is 0.308 e.